The van der Waals surface area contributed by atoms with Crippen LogP contribution in [0.2, 0.25) is 0 Å². The summed E-state index contributed by atoms with van der Waals surface area (Å²) >= 11 is 0. The minimum atomic E-state index is -0.492. The van der Waals surface area contributed by atoms with Crippen molar-refractivity contribution < 1.29 is 15.3 Å². The van der Waals surface area contributed by atoms with Crippen LogP contribution in [0.25, 0.3) is 0 Å². The molecule has 0 radical (unpaired) electrons. The highest BCUT2D eigenvalue weighted by Crippen LogP contribution is 2.68. The van der Waals surface area contributed by atoms with Crippen molar-refractivity contribution in [1.29, 1.82) is 0 Å². The predicted molar refractivity (Wildman–Crippen MR) is 102 cm³/mol. The molecular formula is C22H39NO3. The van der Waals surface area contributed by atoms with Gasteiger partial charge in [-0.25, -0.2) is 0 Å². The second kappa shape index (κ2) is 5.92. The number of aliphatic hydroxyl groups excluding tert-OH is 3. The molecule has 5 N–H and O–H groups in total. The van der Waals surface area contributed by atoms with E-state index in [4.69, 9.17) is 5.73 Å². The Morgan fingerprint density at radius 2 is 1.65 bits per heavy atom. The number of nitrogens with two attached hydrogens (primary N) is 1. The van der Waals surface area contributed by atoms with Gasteiger partial charge in [-0.1, -0.05) is 27.7 Å². The Hall–Kier alpha value is -0.160. The molecule has 4 heteroatoms. The van der Waals surface area contributed by atoms with Crippen LogP contribution in [-0.2, 0) is 0 Å². The molecule has 4 rings (SSSR count). The molecule has 0 spiro atoms. The van der Waals surface area contributed by atoms with Gasteiger partial charge in [0, 0.05) is 16.9 Å². The van der Waals surface area contributed by atoms with Crippen LogP contribution >= 0.6 is 0 Å². The Morgan fingerprint density at radius 1 is 0.962 bits per heavy atom. The van der Waals surface area contributed by atoms with E-state index >= 15 is 0 Å². The topological polar surface area (TPSA) is 86.7 Å². The average molecular weight is 366 g/mol. The van der Waals surface area contributed by atoms with Crippen LogP contribution in [0.1, 0.15) is 72.6 Å². The van der Waals surface area contributed by atoms with Gasteiger partial charge in [0.1, 0.15) is 0 Å². The largest absolute Gasteiger partial charge is 0.393 e. The Balaban J connectivity index is 1.76. The third-order valence-electron chi connectivity index (χ3n) is 9.94. The fourth-order valence-corrected chi connectivity index (χ4v) is 8.39. The van der Waals surface area contributed by atoms with Crippen LogP contribution in [0.5, 0.6) is 0 Å². The molecule has 0 aromatic heterocycles. The van der Waals surface area contributed by atoms with Crippen LogP contribution in [0.3, 0.4) is 0 Å². The first kappa shape index (κ1) is 19.2. The van der Waals surface area contributed by atoms with Crippen LogP contribution in [0, 0.1) is 40.4 Å². The van der Waals surface area contributed by atoms with Crippen molar-refractivity contribution in [3.05, 3.63) is 0 Å². The Labute approximate surface area is 158 Å². The number of fused-ring (bicyclic) bond motifs is 5. The summed E-state index contributed by atoms with van der Waals surface area (Å²) in [6, 6.07) is 0. The van der Waals surface area contributed by atoms with Crippen molar-refractivity contribution in [2.45, 2.75) is 96.5 Å². The normalized spacial score (nSPS) is 59.7. The van der Waals surface area contributed by atoms with Gasteiger partial charge in [-0.05, 0) is 74.0 Å². The molecule has 0 aromatic carbocycles. The maximum absolute atomic E-state index is 11.4. The summed E-state index contributed by atoms with van der Waals surface area (Å²) in [6.07, 6.45) is 5.03. The van der Waals surface area contributed by atoms with Crippen LogP contribution < -0.4 is 5.73 Å². The molecule has 4 aliphatic carbocycles. The number of hydrogen-bond acceptors (Lipinski definition) is 4. The number of rotatable bonds is 1. The van der Waals surface area contributed by atoms with Crippen molar-refractivity contribution >= 4 is 0 Å². The Morgan fingerprint density at radius 3 is 2.31 bits per heavy atom. The zero-order valence-electron chi connectivity index (χ0n) is 17.0. The maximum Gasteiger partial charge on any atom is 0.0617 e. The Bertz CT molecular complexity index is 568. The van der Waals surface area contributed by atoms with Crippen molar-refractivity contribution in [2.75, 3.05) is 0 Å². The third kappa shape index (κ3) is 2.22. The molecule has 0 amide bonds. The molecule has 150 valence electrons. The highest BCUT2D eigenvalue weighted by atomic mass is 16.3. The molecule has 4 nitrogen and oxygen atoms in total. The molecular weight excluding hydrogens is 326 g/mol. The molecule has 10 atom stereocenters. The van der Waals surface area contributed by atoms with Gasteiger partial charge in [0.15, 0.2) is 0 Å². The van der Waals surface area contributed by atoms with E-state index in [1.54, 1.807) is 0 Å². The molecule has 26 heavy (non-hydrogen) atoms. The summed E-state index contributed by atoms with van der Waals surface area (Å²) in [5, 5.41) is 32.8. The van der Waals surface area contributed by atoms with Gasteiger partial charge in [-0.3, -0.25) is 0 Å². The second-order valence-corrected chi connectivity index (χ2v) is 11.0. The van der Waals surface area contributed by atoms with Gasteiger partial charge in [0.2, 0.25) is 0 Å². The molecule has 4 saturated carbocycles. The van der Waals surface area contributed by atoms with Gasteiger partial charge < -0.3 is 21.1 Å². The van der Waals surface area contributed by atoms with Gasteiger partial charge in [-0.2, -0.15) is 0 Å². The van der Waals surface area contributed by atoms with E-state index in [1.807, 2.05) is 0 Å². The summed E-state index contributed by atoms with van der Waals surface area (Å²) in [6.45, 7) is 9.05. The lowest BCUT2D eigenvalue weighted by atomic mass is 9.41. The van der Waals surface area contributed by atoms with Gasteiger partial charge in [-0.15, -0.1) is 0 Å². The summed E-state index contributed by atoms with van der Waals surface area (Å²) in [7, 11) is 0. The summed E-state index contributed by atoms with van der Waals surface area (Å²) in [5.41, 5.74) is 6.47. The molecule has 4 fully saturated rings. The summed E-state index contributed by atoms with van der Waals surface area (Å²) < 4.78 is 0. The quantitative estimate of drug-likeness (QED) is 0.575. The first-order valence-electron chi connectivity index (χ1n) is 10.9. The maximum atomic E-state index is 11.4. The van der Waals surface area contributed by atoms with Crippen LogP contribution in [-0.4, -0.2) is 39.2 Å². The lowest BCUT2D eigenvalue weighted by Gasteiger charge is -2.66. The van der Waals surface area contributed by atoms with Gasteiger partial charge in [0.25, 0.3) is 0 Å². The molecule has 4 aliphatic rings. The minimum absolute atomic E-state index is 0.0659. The SMILES string of the molecule is CC(C)[C@H]1CC[C@@]2(N)C3[C@H](O)C[C@@H]4C[C@H](O)CC[C@]4(C)[C@H]3C[C@H](O)[C@]12C. The van der Waals surface area contributed by atoms with Crippen molar-refractivity contribution in [3.63, 3.8) is 0 Å². The van der Waals surface area contributed by atoms with E-state index in [-0.39, 0.29) is 28.8 Å². The van der Waals surface area contributed by atoms with Crippen LogP contribution in [0.4, 0.5) is 0 Å². The van der Waals surface area contributed by atoms with Gasteiger partial charge >= 0.3 is 0 Å². The summed E-state index contributed by atoms with van der Waals surface area (Å²) in [4.78, 5) is 0. The van der Waals surface area contributed by atoms with Crippen molar-refractivity contribution in [3.8, 4) is 0 Å². The lowest BCUT2D eigenvalue weighted by molar-refractivity contribution is -0.214. The highest BCUT2D eigenvalue weighted by Gasteiger charge is 2.71. The third-order valence-corrected chi connectivity index (χ3v) is 9.94. The monoisotopic (exact) mass is 365 g/mol. The fourth-order valence-electron chi connectivity index (χ4n) is 8.39. The van der Waals surface area contributed by atoms with E-state index in [0.29, 0.717) is 17.8 Å². The van der Waals surface area contributed by atoms with E-state index in [0.717, 1.165) is 44.9 Å². The Kier molecular flexibility index (Phi) is 4.36. The van der Waals surface area contributed by atoms with E-state index in [9.17, 15) is 15.3 Å². The zero-order valence-corrected chi connectivity index (χ0v) is 17.0. The highest BCUT2D eigenvalue weighted by molar-refractivity contribution is 5.23. The second-order valence-electron chi connectivity index (χ2n) is 11.0. The first-order valence-corrected chi connectivity index (χ1v) is 10.9. The number of aliphatic hydroxyl groups is 3. The zero-order chi connectivity index (χ0) is 19.1. The minimum Gasteiger partial charge on any atom is -0.393 e. The first-order chi connectivity index (χ1) is 12.1. The van der Waals surface area contributed by atoms with Crippen molar-refractivity contribution in [2.24, 2.45) is 46.2 Å². The molecule has 0 aromatic rings. The molecule has 0 bridgehead atoms. The molecule has 0 heterocycles. The molecule has 0 aliphatic heterocycles. The van der Waals surface area contributed by atoms with E-state index in [1.165, 1.54) is 0 Å². The van der Waals surface area contributed by atoms with E-state index in [2.05, 4.69) is 27.7 Å². The summed E-state index contributed by atoms with van der Waals surface area (Å²) in [5.74, 6) is 1.56. The van der Waals surface area contributed by atoms with Gasteiger partial charge in [0.05, 0.1) is 18.3 Å². The van der Waals surface area contributed by atoms with E-state index < -0.39 is 17.7 Å². The molecule has 0 saturated heterocycles. The average Bonchev–Trinajstić information content (AvgIpc) is 2.83. The molecule has 1 unspecified atom stereocenters. The lowest BCUT2D eigenvalue weighted by Crippen LogP contribution is -2.73. The predicted octanol–water partition coefficient (Wildman–Crippen LogP) is 2.69. The smallest absolute Gasteiger partial charge is 0.0617 e. The number of hydrogen-bond donors (Lipinski definition) is 4. The van der Waals surface area contributed by atoms with Crippen LogP contribution in [0.15, 0.2) is 0 Å². The fraction of sp³-hybridized carbons (Fsp3) is 1.00. The standard InChI is InChI=1S/C22H39NO3/c1-12(2)15-6-8-22(23)19-16(11-18(26)21(15,22)4)20(3)7-5-14(24)9-13(20)10-17(19)25/h12-19,24-26H,5-11,23H2,1-4H3/t13-,14+,15+,16-,17+,18-,19?,20-,21-,22+/m0/s1. The van der Waals surface area contributed by atoms with Crippen molar-refractivity contribution in [1.82, 2.24) is 0 Å².